The number of nitrogens with zero attached hydrogens (tertiary/aromatic N) is 4. The van der Waals surface area contributed by atoms with E-state index in [1.54, 1.807) is 32.9 Å². The third-order valence-electron chi connectivity index (χ3n) is 6.36. The topological polar surface area (TPSA) is 97.2 Å². The first-order valence-electron chi connectivity index (χ1n) is 11.9. The molecule has 1 aromatic heterocycles. The molecule has 0 saturated carbocycles. The Bertz CT molecular complexity index is 1350. The highest BCUT2D eigenvalue weighted by atomic mass is 32.2. The number of halogens is 1. The Labute approximate surface area is 205 Å². The molecular formula is C25H30FN5O3S. The number of anilines is 1. The average Bonchev–Trinajstić information content (AvgIpc) is 3.09. The lowest BCUT2D eigenvalue weighted by molar-refractivity contribution is 0.102. The quantitative estimate of drug-likeness (QED) is 0.520. The molecule has 1 aliphatic rings. The van der Waals surface area contributed by atoms with Gasteiger partial charge >= 0.3 is 0 Å². The van der Waals surface area contributed by atoms with E-state index in [4.69, 9.17) is 0 Å². The van der Waals surface area contributed by atoms with Gasteiger partial charge in [0, 0.05) is 37.2 Å². The van der Waals surface area contributed by atoms with Crippen molar-refractivity contribution in [3.63, 3.8) is 0 Å². The highest BCUT2D eigenvalue weighted by Crippen LogP contribution is 2.27. The second kappa shape index (κ2) is 10.2. The molecule has 0 atom stereocenters. The molecule has 3 aromatic rings. The molecule has 0 radical (unpaired) electrons. The van der Waals surface area contributed by atoms with Gasteiger partial charge in [-0.05, 0) is 55.7 Å². The molecule has 35 heavy (non-hydrogen) atoms. The minimum absolute atomic E-state index is 0.00723. The summed E-state index contributed by atoms with van der Waals surface area (Å²) < 4.78 is 44.1. The second-order valence-electron chi connectivity index (χ2n) is 8.62. The van der Waals surface area contributed by atoms with Gasteiger partial charge in [0.05, 0.1) is 10.6 Å². The van der Waals surface area contributed by atoms with Gasteiger partial charge in [-0.25, -0.2) is 12.8 Å². The lowest BCUT2D eigenvalue weighted by Crippen LogP contribution is -2.31. The zero-order valence-electron chi connectivity index (χ0n) is 20.2. The molecule has 1 N–H and O–H groups in total. The molecule has 0 aliphatic carbocycles. The normalized spacial score (nSPS) is 14.0. The Hall–Kier alpha value is -3.11. The van der Waals surface area contributed by atoms with Crippen molar-refractivity contribution in [3.05, 3.63) is 59.2 Å². The van der Waals surface area contributed by atoms with E-state index in [-0.39, 0.29) is 16.1 Å². The molecule has 0 unspecified atom stereocenters. The lowest BCUT2D eigenvalue weighted by Gasteiger charge is -2.20. The number of aromatic nitrogens is 3. The maximum atomic E-state index is 14.7. The molecule has 2 heterocycles. The molecule has 2 aromatic carbocycles. The molecule has 1 amide bonds. The molecule has 8 nitrogen and oxygen atoms in total. The number of hydrogen-bond donors (Lipinski definition) is 1. The highest BCUT2D eigenvalue weighted by Gasteiger charge is 2.25. The van der Waals surface area contributed by atoms with Gasteiger partial charge in [-0.15, -0.1) is 10.2 Å². The summed E-state index contributed by atoms with van der Waals surface area (Å²) in [4.78, 5) is 13.1. The number of carbonyl (C=O) groups excluding carboxylic acids is 1. The SMILES string of the molecule is CCN(CC)S(=O)(=O)c1cc(C(=O)Nc2cc(-c3nnc4n3CCCCC4)ccc2F)ccc1C. The van der Waals surface area contributed by atoms with E-state index in [9.17, 15) is 17.6 Å². The van der Waals surface area contributed by atoms with Crippen LogP contribution >= 0.6 is 0 Å². The monoisotopic (exact) mass is 499 g/mol. The van der Waals surface area contributed by atoms with E-state index >= 15 is 0 Å². The Balaban J connectivity index is 1.64. The number of carbonyl (C=O) groups is 1. The van der Waals surface area contributed by atoms with Crippen LogP contribution in [0, 0.1) is 12.7 Å². The zero-order valence-corrected chi connectivity index (χ0v) is 21.0. The molecule has 0 bridgehead atoms. The summed E-state index contributed by atoms with van der Waals surface area (Å²) in [7, 11) is -3.76. The van der Waals surface area contributed by atoms with Gasteiger partial charge in [0.25, 0.3) is 5.91 Å². The van der Waals surface area contributed by atoms with Gasteiger partial charge in [-0.3, -0.25) is 4.79 Å². The third kappa shape index (κ3) is 4.99. The molecule has 0 spiro atoms. The summed E-state index contributed by atoms with van der Waals surface area (Å²) in [6.45, 7) is 6.64. The van der Waals surface area contributed by atoms with Crippen LogP contribution in [0.1, 0.15) is 54.9 Å². The molecule has 186 valence electrons. The van der Waals surface area contributed by atoms with Crippen LogP contribution < -0.4 is 5.32 Å². The number of sulfonamides is 1. The number of rotatable bonds is 7. The van der Waals surface area contributed by atoms with Gasteiger partial charge in [0.1, 0.15) is 11.6 Å². The average molecular weight is 500 g/mol. The minimum Gasteiger partial charge on any atom is -0.319 e. The predicted molar refractivity (Wildman–Crippen MR) is 132 cm³/mol. The zero-order chi connectivity index (χ0) is 25.2. The van der Waals surface area contributed by atoms with E-state index in [2.05, 4.69) is 20.1 Å². The maximum Gasteiger partial charge on any atom is 0.255 e. The van der Waals surface area contributed by atoms with Crippen LogP contribution in [0.25, 0.3) is 11.4 Å². The van der Waals surface area contributed by atoms with Crippen molar-refractivity contribution >= 4 is 21.6 Å². The minimum atomic E-state index is -3.76. The van der Waals surface area contributed by atoms with Gasteiger partial charge in [0.2, 0.25) is 10.0 Å². The van der Waals surface area contributed by atoms with Crippen LogP contribution in [0.2, 0.25) is 0 Å². The van der Waals surface area contributed by atoms with E-state index < -0.39 is 21.7 Å². The van der Waals surface area contributed by atoms with Crippen LogP contribution in [-0.4, -0.2) is 46.5 Å². The number of amides is 1. The van der Waals surface area contributed by atoms with Crippen molar-refractivity contribution < 1.29 is 17.6 Å². The number of fused-ring (bicyclic) bond motifs is 1. The molecular weight excluding hydrogens is 469 g/mol. The van der Waals surface area contributed by atoms with Crippen molar-refractivity contribution in [1.82, 2.24) is 19.1 Å². The number of hydrogen-bond acceptors (Lipinski definition) is 5. The summed E-state index contributed by atoms with van der Waals surface area (Å²) in [6, 6.07) is 8.91. The standard InChI is InChI=1S/C25H30FN5O3S/c1-4-30(5-2)35(33,34)22-16-19(11-10-17(22)3)25(32)27-21-15-18(12-13-20(21)26)24-29-28-23-9-7-6-8-14-31(23)24/h10-13,15-16H,4-9,14H2,1-3H3,(H,27,32). The Morgan fingerprint density at radius 3 is 2.60 bits per heavy atom. The lowest BCUT2D eigenvalue weighted by atomic mass is 10.1. The van der Waals surface area contributed by atoms with Crippen LogP contribution in [0.4, 0.5) is 10.1 Å². The van der Waals surface area contributed by atoms with Gasteiger partial charge in [-0.2, -0.15) is 4.31 Å². The van der Waals surface area contributed by atoms with Gasteiger partial charge < -0.3 is 9.88 Å². The number of benzene rings is 2. The smallest absolute Gasteiger partial charge is 0.255 e. The summed E-state index contributed by atoms with van der Waals surface area (Å²) in [5, 5.41) is 11.2. The Morgan fingerprint density at radius 2 is 1.86 bits per heavy atom. The fourth-order valence-electron chi connectivity index (χ4n) is 4.38. The Morgan fingerprint density at radius 1 is 1.09 bits per heavy atom. The first kappa shape index (κ1) is 25.0. The van der Waals surface area contributed by atoms with Gasteiger partial charge in [-0.1, -0.05) is 26.3 Å². The van der Waals surface area contributed by atoms with Crippen LogP contribution in [0.15, 0.2) is 41.3 Å². The number of nitrogens with one attached hydrogen (secondary N) is 1. The molecule has 10 heteroatoms. The largest absolute Gasteiger partial charge is 0.319 e. The van der Waals surface area contributed by atoms with Gasteiger partial charge in [0.15, 0.2) is 5.82 Å². The van der Waals surface area contributed by atoms with Crippen molar-refractivity contribution in [2.75, 3.05) is 18.4 Å². The molecule has 0 saturated heterocycles. The number of aryl methyl sites for hydroxylation is 2. The Kier molecular flexibility index (Phi) is 7.32. The van der Waals surface area contributed by atoms with E-state index in [1.165, 1.54) is 28.6 Å². The highest BCUT2D eigenvalue weighted by molar-refractivity contribution is 7.89. The summed E-state index contributed by atoms with van der Waals surface area (Å²) in [5.74, 6) is 0.354. The van der Waals surface area contributed by atoms with Crippen molar-refractivity contribution in [1.29, 1.82) is 0 Å². The first-order valence-corrected chi connectivity index (χ1v) is 13.3. The summed E-state index contributed by atoms with van der Waals surface area (Å²) >= 11 is 0. The fraction of sp³-hybridized carbons (Fsp3) is 0.400. The van der Waals surface area contributed by atoms with Crippen molar-refractivity contribution in [2.45, 2.75) is 57.9 Å². The summed E-state index contributed by atoms with van der Waals surface area (Å²) in [6.07, 6.45) is 4.06. The summed E-state index contributed by atoms with van der Waals surface area (Å²) in [5.41, 5.74) is 1.31. The third-order valence-corrected chi connectivity index (χ3v) is 8.55. The fourth-order valence-corrected chi connectivity index (χ4v) is 6.08. The predicted octanol–water partition coefficient (Wildman–Crippen LogP) is 4.40. The second-order valence-corrected chi connectivity index (χ2v) is 10.5. The van der Waals surface area contributed by atoms with Crippen LogP contribution in [-0.2, 0) is 23.0 Å². The first-order chi connectivity index (χ1) is 16.8. The van der Waals surface area contributed by atoms with E-state index in [0.29, 0.717) is 30.0 Å². The van der Waals surface area contributed by atoms with Crippen molar-refractivity contribution in [3.8, 4) is 11.4 Å². The van der Waals surface area contributed by atoms with E-state index in [1.807, 2.05) is 0 Å². The van der Waals surface area contributed by atoms with Crippen LogP contribution in [0.3, 0.4) is 0 Å². The van der Waals surface area contributed by atoms with E-state index in [0.717, 1.165) is 38.1 Å². The molecule has 0 fully saturated rings. The molecule has 4 rings (SSSR count). The van der Waals surface area contributed by atoms with Crippen LogP contribution in [0.5, 0.6) is 0 Å². The maximum absolute atomic E-state index is 14.7. The van der Waals surface area contributed by atoms with Crippen molar-refractivity contribution in [2.24, 2.45) is 0 Å². The molecule has 1 aliphatic heterocycles.